The van der Waals surface area contributed by atoms with E-state index < -0.39 is 0 Å². The van der Waals surface area contributed by atoms with Crippen molar-refractivity contribution >= 4 is 23.5 Å². The summed E-state index contributed by atoms with van der Waals surface area (Å²) >= 11 is 0. The average Bonchev–Trinajstić information content (AvgIpc) is 3.37. The molecular weight excluding hydrogens is 406 g/mol. The molecule has 4 rings (SSSR count). The maximum absolute atomic E-state index is 13.3. The number of nitrogens with zero attached hydrogens (tertiary/aromatic N) is 3. The Bertz CT molecular complexity index is 1070. The molecule has 1 fully saturated rings. The van der Waals surface area contributed by atoms with Crippen LogP contribution in [0, 0.1) is 0 Å². The monoisotopic (exact) mass is 435 g/mol. The van der Waals surface area contributed by atoms with E-state index in [2.05, 4.69) is 20.3 Å². The first-order chi connectivity index (χ1) is 15.4. The highest BCUT2D eigenvalue weighted by Gasteiger charge is 2.34. The van der Waals surface area contributed by atoms with E-state index in [9.17, 15) is 4.79 Å². The van der Waals surface area contributed by atoms with Crippen molar-refractivity contribution in [3.8, 4) is 11.8 Å². The Morgan fingerprint density at radius 3 is 2.81 bits per heavy atom. The third-order valence-electron chi connectivity index (χ3n) is 5.58. The highest BCUT2D eigenvalue weighted by Crippen LogP contribution is 2.37. The highest BCUT2D eigenvalue weighted by atomic mass is 16.5. The first-order valence-corrected chi connectivity index (χ1v) is 10.9. The van der Waals surface area contributed by atoms with Gasteiger partial charge in [0.15, 0.2) is 0 Å². The largest absolute Gasteiger partial charge is 0.474 e. The number of rotatable bonds is 6. The van der Waals surface area contributed by atoms with Crippen molar-refractivity contribution in [1.29, 1.82) is 0 Å². The Labute approximate surface area is 188 Å². The number of pyridine rings is 2. The molecule has 8 nitrogen and oxygen atoms in total. The number of aromatic nitrogens is 2. The van der Waals surface area contributed by atoms with Gasteiger partial charge in [0.2, 0.25) is 11.8 Å². The van der Waals surface area contributed by atoms with E-state index in [-0.39, 0.29) is 17.6 Å². The third kappa shape index (κ3) is 4.74. The van der Waals surface area contributed by atoms with Crippen LogP contribution in [0.2, 0.25) is 0 Å². The average molecular weight is 436 g/mol. The fourth-order valence-electron chi connectivity index (χ4n) is 4.09. The fraction of sp³-hybridized carbons (Fsp3) is 0.417. The number of ether oxygens (including phenoxy) is 2. The lowest BCUT2D eigenvalue weighted by Crippen LogP contribution is -2.24. The molecule has 1 aliphatic carbocycles. The predicted molar refractivity (Wildman–Crippen MR) is 124 cm³/mol. The number of fused-ring (bicyclic) bond motifs is 1. The van der Waals surface area contributed by atoms with Crippen LogP contribution in [0.1, 0.15) is 61.1 Å². The molecule has 2 aliphatic rings. The Morgan fingerprint density at radius 2 is 2.09 bits per heavy atom. The number of nitrogens with one attached hydrogen (secondary N) is 1. The summed E-state index contributed by atoms with van der Waals surface area (Å²) in [4.78, 5) is 26.3. The molecule has 1 aliphatic heterocycles. The second kappa shape index (κ2) is 8.98. The van der Waals surface area contributed by atoms with Gasteiger partial charge in [-0.2, -0.15) is 4.98 Å². The van der Waals surface area contributed by atoms with Crippen molar-refractivity contribution < 1.29 is 14.3 Å². The molecule has 0 unspecified atom stereocenters. The van der Waals surface area contributed by atoms with Crippen LogP contribution in [0.4, 0.5) is 5.82 Å². The van der Waals surface area contributed by atoms with Gasteiger partial charge >= 0.3 is 0 Å². The molecule has 8 heteroatoms. The maximum atomic E-state index is 13.3. The normalized spacial score (nSPS) is 17.9. The number of carbonyl (C=O) groups excluding carboxylic acids is 1. The van der Waals surface area contributed by atoms with Crippen molar-refractivity contribution in [1.82, 2.24) is 9.97 Å². The number of aliphatic imine (C=N–C) groups is 1. The zero-order valence-corrected chi connectivity index (χ0v) is 18.7. The molecule has 2 aromatic rings. The van der Waals surface area contributed by atoms with Gasteiger partial charge in [0.05, 0.1) is 5.69 Å². The SMILES string of the molecule is CN=CC(=CN)c1cccc(NC(=O)c2cc3c(nc2OC2CCCC2)OC(C)(C)C3)n1. The fourth-order valence-corrected chi connectivity index (χ4v) is 4.09. The van der Waals surface area contributed by atoms with Gasteiger partial charge in [-0.05, 0) is 57.7 Å². The van der Waals surface area contributed by atoms with Crippen LogP contribution in [0.5, 0.6) is 11.8 Å². The Kier molecular flexibility index (Phi) is 6.12. The van der Waals surface area contributed by atoms with E-state index in [4.69, 9.17) is 15.2 Å². The van der Waals surface area contributed by atoms with Gasteiger partial charge in [-0.3, -0.25) is 9.79 Å². The van der Waals surface area contributed by atoms with E-state index in [1.165, 1.54) is 6.20 Å². The lowest BCUT2D eigenvalue weighted by Gasteiger charge is -2.17. The van der Waals surface area contributed by atoms with Gasteiger partial charge in [0.1, 0.15) is 23.1 Å². The topological polar surface area (TPSA) is 112 Å². The lowest BCUT2D eigenvalue weighted by molar-refractivity contribution is 0.101. The summed E-state index contributed by atoms with van der Waals surface area (Å²) in [6.07, 6.45) is 7.95. The van der Waals surface area contributed by atoms with Crippen LogP contribution in [0.25, 0.3) is 5.57 Å². The molecule has 1 amide bonds. The number of nitrogens with two attached hydrogens (primary N) is 1. The summed E-state index contributed by atoms with van der Waals surface area (Å²) in [5.41, 5.74) is 7.87. The van der Waals surface area contributed by atoms with Crippen molar-refractivity contribution in [2.45, 2.75) is 57.7 Å². The molecule has 0 bridgehead atoms. The van der Waals surface area contributed by atoms with Gasteiger partial charge < -0.3 is 20.5 Å². The Hall–Kier alpha value is -3.42. The molecule has 0 aromatic carbocycles. The molecule has 0 radical (unpaired) electrons. The summed E-state index contributed by atoms with van der Waals surface area (Å²) < 4.78 is 12.1. The minimum Gasteiger partial charge on any atom is -0.474 e. The number of amides is 1. The van der Waals surface area contributed by atoms with Crippen LogP contribution in [-0.4, -0.2) is 40.8 Å². The van der Waals surface area contributed by atoms with Gasteiger partial charge in [0, 0.05) is 37.0 Å². The summed E-state index contributed by atoms with van der Waals surface area (Å²) in [6, 6.07) is 7.16. The molecule has 3 heterocycles. The standard InChI is InChI=1S/C24H29N5O3/c1-24(2)12-15-11-18(23(29-22(15)32-24)31-17-7-4-5-8-17)21(30)28-20-10-6-9-19(27-20)16(13-25)14-26-3/h6,9-11,13-14,17H,4-5,7-8,12,25H2,1-3H3,(H,27,28,30). The number of hydrogen-bond acceptors (Lipinski definition) is 7. The molecule has 0 atom stereocenters. The van der Waals surface area contributed by atoms with Gasteiger partial charge in [-0.15, -0.1) is 0 Å². The Morgan fingerprint density at radius 1 is 1.31 bits per heavy atom. The highest BCUT2D eigenvalue weighted by molar-refractivity contribution is 6.09. The first kappa shape index (κ1) is 21.8. The van der Waals surface area contributed by atoms with Crippen LogP contribution in [0.3, 0.4) is 0 Å². The summed E-state index contributed by atoms with van der Waals surface area (Å²) in [5, 5.41) is 2.87. The maximum Gasteiger partial charge on any atom is 0.262 e. The van der Waals surface area contributed by atoms with Crippen molar-refractivity contribution in [3.05, 3.63) is 47.3 Å². The quantitative estimate of drug-likeness (QED) is 0.668. The molecule has 168 valence electrons. The van der Waals surface area contributed by atoms with Crippen LogP contribution in [-0.2, 0) is 6.42 Å². The van der Waals surface area contributed by atoms with Crippen molar-refractivity contribution in [2.24, 2.45) is 10.7 Å². The predicted octanol–water partition coefficient (Wildman–Crippen LogP) is 3.76. The second-order valence-electron chi connectivity index (χ2n) is 8.74. The van der Waals surface area contributed by atoms with E-state index >= 15 is 0 Å². The van der Waals surface area contributed by atoms with Crippen molar-refractivity contribution in [3.63, 3.8) is 0 Å². The van der Waals surface area contributed by atoms with E-state index in [1.807, 2.05) is 19.9 Å². The van der Waals surface area contributed by atoms with Gasteiger partial charge in [-0.1, -0.05) is 6.07 Å². The van der Waals surface area contributed by atoms with Crippen LogP contribution in [0.15, 0.2) is 35.5 Å². The minimum atomic E-state index is -0.364. The van der Waals surface area contributed by atoms with Crippen molar-refractivity contribution in [2.75, 3.05) is 12.4 Å². The van der Waals surface area contributed by atoms with Gasteiger partial charge in [0.25, 0.3) is 5.91 Å². The number of carbonyl (C=O) groups is 1. The molecule has 0 saturated heterocycles. The number of allylic oxidation sites excluding steroid dienone is 1. The summed E-state index contributed by atoms with van der Waals surface area (Å²) in [6.45, 7) is 4.01. The minimum absolute atomic E-state index is 0.0635. The van der Waals surface area contributed by atoms with E-state index in [0.29, 0.717) is 40.8 Å². The molecule has 1 saturated carbocycles. The first-order valence-electron chi connectivity index (χ1n) is 10.9. The smallest absolute Gasteiger partial charge is 0.262 e. The zero-order chi connectivity index (χ0) is 22.7. The van der Waals surface area contributed by atoms with E-state index in [0.717, 1.165) is 31.2 Å². The second-order valence-corrected chi connectivity index (χ2v) is 8.74. The van der Waals surface area contributed by atoms with Gasteiger partial charge in [-0.25, -0.2) is 4.98 Å². The lowest BCUT2D eigenvalue weighted by atomic mass is 10.0. The summed E-state index contributed by atoms with van der Waals surface area (Å²) in [7, 11) is 1.66. The summed E-state index contributed by atoms with van der Waals surface area (Å²) in [5.74, 6) is 0.921. The third-order valence-corrected chi connectivity index (χ3v) is 5.58. The van der Waals surface area contributed by atoms with E-state index in [1.54, 1.807) is 31.5 Å². The molecule has 32 heavy (non-hydrogen) atoms. The number of hydrogen-bond donors (Lipinski definition) is 2. The van der Waals surface area contributed by atoms with Crippen LogP contribution < -0.4 is 20.5 Å². The van der Waals surface area contributed by atoms with Crippen LogP contribution >= 0.6 is 0 Å². The Balaban J connectivity index is 1.63. The number of anilines is 1. The molecular formula is C24H29N5O3. The molecule has 3 N–H and O–H groups in total. The zero-order valence-electron chi connectivity index (χ0n) is 18.7. The molecule has 0 spiro atoms. The molecule has 2 aromatic heterocycles.